The van der Waals surface area contributed by atoms with Gasteiger partial charge in [-0.25, -0.2) is 0 Å². The van der Waals surface area contributed by atoms with Crippen LogP contribution < -0.4 is 4.90 Å². The number of nitrogens with zero attached hydrogens (tertiary/aromatic N) is 1. The van der Waals surface area contributed by atoms with Gasteiger partial charge in [0, 0.05) is 44.2 Å². The summed E-state index contributed by atoms with van der Waals surface area (Å²) in [5.74, 6) is 0. The van der Waals surface area contributed by atoms with Gasteiger partial charge in [0.15, 0.2) is 0 Å². The zero-order valence-electron chi connectivity index (χ0n) is 37.9. The molecule has 0 saturated carbocycles. The Morgan fingerprint density at radius 2 is 0.829 bits per heavy atom. The van der Waals surface area contributed by atoms with Crippen LogP contribution in [0.3, 0.4) is 0 Å². The van der Waals surface area contributed by atoms with Crippen molar-refractivity contribution in [1.82, 2.24) is 0 Å². The molecule has 0 aliphatic heterocycles. The molecule has 14 aromatic rings. The Balaban J connectivity index is 1.05. The molecule has 0 amide bonds. The monoisotopic (exact) mass is 891 g/mol. The highest BCUT2D eigenvalue weighted by molar-refractivity contribution is 6.29. The SMILES string of the molecule is c1ccc(N(c2ccc3c(c2)C(c2ccccc2)(c2ccccc2)c2ccccc2-3)c2cc(-c3ccc4c5ccccc5c5ccccc5c4c3)c3oc4ccc5oc6ccccc6c5c4c3c2)cc1. The molecule has 0 radical (unpaired) electrons. The second-order valence-electron chi connectivity index (χ2n) is 18.7. The molecule has 0 spiro atoms. The quantitative estimate of drug-likeness (QED) is 0.156. The standard InChI is InChI=1S/C67H41NO2/c1-4-18-43(19-5-1)67(44-20-6-2-7-21-44)59-30-16-14-28-53(59)54-35-33-46(41-60(54)67)68(45-22-8-3-9-23-45)47-39-56(42-32-34-52-50-26-11-10-24-48(50)49-25-12-13-27-51(49)57(52)38-42)66-58(40-47)65-63(70-66)37-36-62-64(65)55-29-15-17-31-61(55)69-62/h1-41H. The first-order valence-corrected chi connectivity index (χ1v) is 24.1. The Kier molecular flexibility index (Phi) is 8.28. The average Bonchev–Trinajstić information content (AvgIpc) is 4.10. The van der Waals surface area contributed by atoms with Crippen molar-refractivity contribution in [3.8, 4) is 22.3 Å². The lowest BCUT2D eigenvalue weighted by molar-refractivity contribution is 0.663. The maximum atomic E-state index is 7.14. The summed E-state index contributed by atoms with van der Waals surface area (Å²) in [7, 11) is 0. The molecule has 1 aliphatic carbocycles. The van der Waals surface area contributed by atoms with E-state index in [9.17, 15) is 0 Å². The molecule has 70 heavy (non-hydrogen) atoms. The summed E-state index contributed by atoms with van der Waals surface area (Å²) in [6.07, 6.45) is 0. The van der Waals surface area contributed by atoms with Crippen molar-refractivity contribution in [1.29, 1.82) is 0 Å². The average molecular weight is 892 g/mol. The molecule has 0 saturated heterocycles. The Morgan fingerprint density at radius 3 is 1.53 bits per heavy atom. The first-order valence-electron chi connectivity index (χ1n) is 24.1. The van der Waals surface area contributed by atoms with Crippen LogP contribution >= 0.6 is 0 Å². The largest absolute Gasteiger partial charge is 0.456 e. The first-order chi connectivity index (χ1) is 34.7. The van der Waals surface area contributed by atoms with Gasteiger partial charge in [0.05, 0.1) is 5.41 Å². The predicted molar refractivity (Wildman–Crippen MR) is 291 cm³/mol. The summed E-state index contributed by atoms with van der Waals surface area (Å²) in [6, 6.07) is 90.7. The van der Waals surface area contributed by atoms with Crippen molar-refractivity contribution in [2.75, 3.05) is 4.90 Å². The van der Waals surface area contributed by atoms with Crippen LogP contribution in [-0.4, -0.2) is 0 Å². The third-order valence-electron chi connectivity index (χ3n) is 15.1. The molecule has 326 valence electrons. The lowest BCUT2D eigenvalue weighted by Gasteiger charge is -2.35. The zero-order valence-corrected chi connectivity index (χ0v) is 37.9. The van der Waals surface area contributed by atoms with Gasteiger partial charge in [-0.1, -0.05) is 188 Å². The van der Waals surface area contributed by atoms with Gasteiger partial charge < -0.3 is 13.7 Å². The molecule has 1 aliphatic rings. The summed E-state index contributed by atoms with van der Waals surface area (Å²) < 4.78 is 13.7. The molecular formula is C67H41NO2. The van der Waals surface area contributed by atoms with E-state index in [1.165, 1.54) is 65.7 Å². The number of rotatable bonds is 6. The topological polar surface area (TPSA) is 29.5 Å². The van der Waals surface area contributed by atoms with E-state index in [0.29, 0.717) is 0 Å². The Bertz CT molecular complexity index is 4340. The van der Waals surface area contributed by atoms with Crippen LogP contribution in [0.5, 0.6) is 0 Å². The number of benzene rings is 12. The fourth-order valence-corrected chi connectivity index (χ4v) is 12.2. The third kappa shape index (κ3) is 5.46. The van der Waals surface area contributed by atoms with E-state index in [1.54, 1.807) is 0 Å². The summed E-state index contributed by atoms with van der Waals surface area (Å²) >= 11 is 0. The van der Waals surface area contributed by atoms with Crippen molar-refractivity contribution in [2.45, 2.75) is 5.41 Å². The van der Waals surface area contributed by atoms with Gasteiger partial charge in [-0.05, 0) is 132 Å². The fourth-order valence-electron chi connectivity index (χ4n) is 12.2. The third-order valence-corrected chi connectivity index (χ3v) is 15.1. The highest BCUT2D eigenvalue weighted by Crippen LogP contribution is 2.58. The summed E-state index contributed by atoms with van der Waals surface area (Å²) in [5.41, 5.74) is 15.5. The van der Waals surface area contributed by atoms with Crippen LogP contribution in [0.25, 0.3) is 98.4 Å². The highest BCUT2D eigenvalue weighted by Gasteiger charge is 2.46. The van der Waals surface area contributed by atoms with Gasteiger partial charge in [-0.15, -0.1) is 0 Å². The normalized spacial score (nSPS) is 13.0. The smallest absolute Gasteiger partial charge is 0.143 e. The molecule has 0 atom stereocenters. The van der Waals surface area contributed by atoms with Gasteiger partial charge in [-0.2, -0.15) is 0 Å². The molecule has 12 aromatic carbocycles. The van der Waals surface area contributed by atoms with Crippen LogP contribution in [0.2, 0.25) is 0 Å². The second-order valence-corrected chi connectivity index (χ2v) is 18.7. The van der Waals surface area contributed by atoms with Gasteiger partial charge in [0.25, 0.3) is 0 Å². The minimum Gasteiger partial charge on any atom is -0.456 e. The molecule has 15 rings (SSSR count). The van der Waals surface area contributed by atoms with Crippen LogP contribution in [-0.2, 0) is 5.41 Å². The molecule has 2 aromatic heterocycles. The lowest BCUT2D eigenvalue weighted by atomic mass is 9.67. The summed E-state index contributed by atoms with van der Waals surface area (Å²) in [6.45, 7) is 0. The Hall–Kier alpha value is -9.18. The number of hydrogen-bond donors (Lipinski definition) is 0. The van der Waals surface area contributed by atoms with Gasteiger partial charge in [-0.3, -0.25) is 0 Å². The Morgan fingerprint density at radius 1 is 0.286 bits per heavy atom. The van der Waals surface area contributed by atoms with Crippen molar-refractivity contribution in [3.63, 3.8) is 0 Å². The van der Waals surface area contributed by atoms with E-state index < -0.39 is 5.41 Å². The minimum atomic E-state index is -0.561. The van der Waals surface area contributed by atoms with Crippen LogP contribution in [0.1, 0.15) is 22.3 Å². The van der Waals surface area contributed by atoms with E-state index in [0.717, 1.165) is 72.1 Å². The van der Waals surface area contributed by atoms with Crippen molar-refractivity contribution >= 4 is 93.3 Å². The predicted octanol–water partition coefficient (Wildman–Crippen LogP) is 18.4. The highest BCUT2D eigenvalue weighted by atomic mass is 16.3. The van der Waals surface area contributed by atoms with Crippen LogP contribution in [0.4, 0.5) is 17.1 Å². The molecule has 2 heterocycles. The first kappa shape index (κ1) is 38.9. The fraction of sp³-hybridized carbons (Fsp3) is 0.0149. The molecule has 3 heteroatoms. The van der Waals surface area contributed by atoms with Crippen molar-refractivity contribution in [2.24, 2.45) is 0 Å². The number of hydrogen-bond acceptors (Lipinski definition) is 3. The zero-order chi connectivity index (χ0) is 45.9. The number of fused-ring (bicyclic) bond motifs is 16. The molecule has 0 bridgehead atoms. The summed E-state index contributed by atoms with van der Waals surface area (Å²) in [5, 5.41) is 11.6. The molecule has 0 fully saturated rings. The number of furan rings is 2. The van der Waals surface area contributed by atoms with Crippen LogP contribution in [0.15, 0.2) is 258 Å². The Labute approximate surface area is 403 Å². The number of para-hydroxylation sites is 2. The summed E-state index contributed by atoms with van der Waals surface area (Å²) in [4.78, 5) is 2.43. The van der Waals surface area contributed by atoms with Gasteiger partial charge in [0.1, 0.15) is 22.3 Å². The van der Waals surface area contributed by atoms with Crippen LogP contribution in [0, 0.1) is 0 Å². The number of anilines is 3. The van der Waals surface area contributed by atoms with E-state index in [2.05, 4.69) is 248 Å². The maximum absolute atomic E-state index is 7.14. The van der Waals surface area contributed by atoms with Crippen molar-refractivity contribution in [3.05, 3.63) is 271 Å². The van der Waals surface area contributed by atoms with E-state index in [4.69, 9.17) is 8.83 Å². The van der Waals surface area contributed by atoms with Gasteiger partial charge >= 0.3 is 0 Å². The van der Waals surface area contributed by atoms with E-state index in [1.807, 2.05) is 6.07 Å². The second kappa shape index (κ2) is 14.9. The molecular weight excluding hydrogens is 851 g/mol. The minimum absolute atomic E-state index is 0.561. The maximum Gasteiger partial charge on any atom is 0.143 e. The molecule has 0 unspecified atom stereocenters. The van der Waals surface area contributed by atoms with E-state index >= 15 is 0 Å². The van der Waals surface area contributed by atoms with E-state index in [-0.39, 0.29) is 0 Å². The van der Waals surface area contributed by atoms with Crippen molar-refractivity contribution < 1.29 is 8.83 Å². The lowest BCUT2D eigenvalue weighted by Crippen LogP contribution is -2.28. The van der Waals surface area contributed by atoms with Gasteiger partial charge in [0.2, 0.25) is 0 Å². The molecule has 0 N–H and O–H groups in total. The molecule has 3 nitrogen and oxygen atoms in total.